The zero-order valence-electron chi connectivity index (χ0n) is 16.4. The summed E-state index contributed by atoms with van der Waals surface area (Å²) in [6.45, 7) is 7.77. The summed E-state index contributed by atoms with van der Waals surface area (Å²) in [5.41, 5.74) is 1.71. The van der Waals surface area contributed by atoms with Crippen LogP contribution in [0.25, 0.3) is 0 Å². The molecule has 2 amide bonds. The van der Waals surface area contributed by atoms with Crippen LogP contribution in [0.15, 0.2) is 24.3 Å². The highest BCUT2D eigenvalue weighted by molar-refractivity contribution is 5.97. The number of benzene rings is 1. The van der Waals surface area contributed by atoms with Gasteiger partial charge in [0, 0.05) is 30.3 Å². The Bertz CT molecular complexity index is 635. The van der Waals surface area contributed by atoms with Crippen LogP contribution in [-0.4, -0.2) is 42.9 Å². The first-order valence-electron chi connectivity index (χ1n) is 10.0. The first kappa shape index (κ1) is 21.7. The van der Waals surface area contributed by atoms with E-state index in [0.717, 1.165) is 64.0 Å². The highest BCUT2D eigenvalue weighted by Crippen LogP contribution is 2.58. The molecule has 1 aliphatic heterocycles. The molecule has 0 aromatic heterocycles. The first-order valence-corrected chi connectivity index (χ1v) is 10.0. The van der Waals surface area contributed by atoms with Gasteiger partial charge in [0.2, 0.25) is 5.91 Å². The van der Waals surface area contributed by atoms with Gasteiger partial charge in [0.1, 0.15) is 0 Å². The number of anilines is 1. The maximum atomic E-state index is 12.6. The lowest BCUT2D eigenvalue weighted by molar-refractivity contribution is -0.118. The molecule has 2 fully saturated rings. The average Bonchev–Trinajstić information content (AvgIpc) is 3.35. The van der Waals surface area contributed by atoms with Crippen molar-refractivity contribution in [3.05, 3.63) is 29.8 Å². The lowest BCUT2D eigenvalue weighted by Gasteiger charge is -2.23. The third kappa shape index (κ3) is 5.02. The van der Waals surface area contributed by atoms with Gasteiger partial charge in [-0.3, -0.25) is 9.59 Å². The van der Waals surface area contributed by atoms with Gasteiger partial charge >= 0.3 is 0 Å². The summed E-state index contributed by atoms with van der Waals surface area (Å²) in [7, 11) is 0. The lowest BCUT2D eigenvalue weighted by Crippen LogP contribution is -2.32. The van der Waals surface area contributed by atoms with Crippen LogP contribution in [0.3, 0.4) is 0 Å². The number of nitrogens with zero attached hydrogens (tertiary/aromatic N) is 1. The fraction of sp³-hybridized carbons (Fsp3) is 0.619. The first-order chi connectivity index (χ1) is 12.6. The number of carbonyl (C=O) groups excluding carboxylic acids is 2. The van der Waals surface area contributed by atoms with Crippen LogP contribution in [0.1, 0.15) is 56.3 Å². The maximum Gasteiger partial charge on any atom is 0.253 e. The van der Waals surface area contributed by atoms with E-state index in [0.29, 0.717) is 5.56 Å². The van der Waals surface area contributed by atoms with Crippen molar-refractivity contribution in [1.29, 1.82) is 0 Å². The highest BCUT2D eigenvalue weighted by Gasteiger charge is 2.57. The monoisotopic (exact) mass is 393 g/mol. The summed E-state index contributed by atoms with van der Waals surface area (Å²) < 4.78 is 0. The summed E-state index contributed by atoms with van der Waals surface area (Å²) in [5.74, 6) is 0.350. The highest BCUT2D eigenvalue weighted by atomic mass is 35.5. The van der Waals surface area contributed by atoms with Crippen molar-refractivity contribution < 1.29 is 9.59 Å². The fourth-order valence-electron chi connectivity index (χ4n) is 4.16. The molecular weight excluding hydrogens is 362 g/mol. The van der Waals surface area contributed by atoms with Crippen molar-refractivity contribution >= 4 is 29.9 Å². The number of carbonyl (C=O) groups is 2. The Morgan fingerprint density at radius 3 is 2.26 bits per heavy atom. The minimum absolute atomic E-state index is 0. The Labute approximate surface area is 168 Å². The SMILES string of the molecule is CCCN(CCC)C(=O)c1ccc(NC(=O)C2CC23CCNCC3)cc1.Cl. The van der Waals surface area contributed by atoms with Crippen molar-refractivity contribution in [2.45, 2.75) is 46.0 Å². The molecule has 0 bridgehead atoms. The zero-order valence-corrected chi connectivity index (χ0v) is 17.2. The predicted octanol–water partition coefficient (Wildman–Crippen LogP) is 3.70. The number of rotatable bonds is 7. The Morgan fingerprint density at radius 2 is 1.70 bits per heavy atom. The van der Waals surface area contributed by atoms with Crippen LogP contribution in [-0.2, 0) is 4.79 Å². The van der Waals surface area contributed by atoms with Gasteiger partial charge < -0.3 is 15.5 Å². The third-order valence-electron chi connectivity index (χ3n) is 5.78. The Morgan fingerprint density at radius 1 is 1.11 bits per heavy atom. The van der Waals surface area contributed by atoms with E-state index < -0.39 is 0 Å². The Kier molecular flexibility index (Phi) is 7.68. The van der Waals surface area contributed by atoms with Crippen LogP contribution in [0.5, 0.6) is 0 Å². The number of hydrogen-bond donors (Lipinski definition) is 2. The van der Waals surface area contributed by atoms with Gasteiger partial charge in [-0.05, 0) is 74.9 Å². The van der Waals surface area contributed by atoms with Crippen molar-refractivity contribution in [2.75, 3.05) is 31.5 Å². The molecule has 1 saturated carbocycles. The largest absolute Gasteiger partial charge is 0.339 e. The van der Waals surface area contributed by atoms with E-state index in [9.17, 15) is 9.59 Å². The van der Waals surface area contributed by atoms with E-state index in [1.165, 1.54) is 0 Å². The second kappa shape index (κ2) is 9.56. The number of hydrogen-bond acceptors (Lipinski definition) is 3. The van der Waals surface area contributed by atoms with Crippen LogP contribution >= 0.6 is 12.4 Å². The quantitative estimate of drug-likeness (QED) is 0.742. The number of amides is 2. The van der Waals surface area contributed by atoms with E-state index in [-0.39, 0.29) is 35.6 Å². The van der Waals surface area contributed by atoms with Gasteiger partial charge in [-0.15, -0.1) is 12.4 Å². The predicted molar refractivity (Wildman–Crippen MR) is 111 cm³/mol. The topological polar surface area (TPSA) is 61.4 Å². The molecule has 1 aromatic carbocycles. The van der Waals surface area contributed by atoms with Gasteiger partial charge in [-0.25, -0.2) is 0 Å². The smallest absolute Gasteiger partial charge is 0.253 e. The maximum absolute atomic E-state index is 12.6. The number of piperidine rings is 1. The van der Waals surface area contributed by atoms with E-state index >= 15 is 0 Å². The molecule has 1 spiro atoms. The molecule has 1 saturated heterocycles. The molecule has 2 aliphatic rings. The minimum atomic E-state index is 0. The van der Waals surface area contributed by atoms with Crippen molar-refractivity contribution in [3.63, 3.8) is 0 Å². The van der Waals surface area contributed by atoms with E-state index in [1.54, 1.807) is 0 Å². The zero-order chi connectivity index (χ0) is 18.6. The normalized spacial score (nSPS) is 19.9. The summed E-state index contributed by atoms with van der Waals surface area (Å²) in [6.07, 6.45) is 5.13. The van der Waals surface area contributed by atoms with Crippen LogP contribution in [0.4, 0.5) is 5.69 Å². The molecule has 150 valence electrons. The third-order valence-corrected chi connectivity index (χ3v) is 5.78. The molecule has 5 nitrogen and oxygen atoms in total. The Balaban J connectivity index is 0.00000261. The van der Waals surface area contributed by atoms with Crippen molar-refractivity contribution in [2.24, 2.45) is 11.3 Å². The van der Waals surface area contributed by atoms with Gasteiger partial charge in [-0.2, -0.15) is 0 Å². The summed E-state index contributed by atoms with van der Waals surface area (Å²) in [4.78, 5) is 27.1. The minimum Gasteiger partial charge on any atom is -0.339 e. The molecule has 0 radical (unpaired) electrons. The average molecular weight is 394 g/mol. The summed E-state index contributed by atoms with van der Waals surface area (Å²) in [5, 5.41) is 6.40. The van der Waals surface area contributed by atoms with Crippen LogP contribution in [0.2, 0.25) is 0 Å². The molecule has 1 atom stereocenters. The van der Waals surface area contributed by atoms with Crippen LogP contribution < -0.4 is 10.6 Å². The van der Waals surface area contributed by atoms with E-state index in [4.69, 9.17) is 0 Å². The summed E-state index contributed by atoms with van der Waals surface area (Å²) >= 11 is 0. The van der Waals surface area contributed by atoms with Crippen LogP contribution in [0, 0.1) is 11.3 Å². The van der Waals surface area contributed by atoms with Gasteiger partial charge in [0.25, 0.3) is 5.91 Å². The molecular formula is C21H32ClN3O2. The van der Waals surface area contributed by atoms with Gasteiger partial charge in [0.15, 0.2) is 0 Å². The van der Waals surface area contributed by atoms with Gasteiger partial charge in [-0.1, -0.05) is 13.8 Å². The Hall–Kier alpha value is -1.59. The van der Waals surface area contributed by atoms with Crippen molar-refractivity contribution in [1.82, 2.24) is 10.2 Å². The molecule has 1 heterocycles. The fourth-order valence-corrected chi connectivity index (χ4v) is 4.16. The molecule has 1 unspecified atom stereocenters. The summed E-state index contributed by atoms with van der Waals surface area (Å²) in [6, 6.07) is 7.34. The van der Waals surface area contributed by atoms with Gasteiger partial charge in [0.05, 0.1) is 0 Å². The van der Waals surface area contributed by atoms with Crippen molar-refractivity contribution in [3.8, 4) is 0 Å². The van der Waals surface area contributed by atoms with E-state index in [2.05, 4.69) is 24.5 Å². The van der Waals surface area contributed by atoms with E-state index in [1.807, 2.05) is 29.2 Å². The molecule has 6 heteroatoms. The molecule has 1 aliphatic carbocycles. The molecule has 2 N–H and O–H groups in total. The molecule has 27 heavy (non-hydrogen) atoms. The number of halogens is 1. The second-order valence-corrected chi connectivity index (χ2v) is 7.73. The second-order valence-electron chi connectivity index (χ2n) is 7.73. The number of nitrogens with one attached hydrogen (secondary N) is 2. The molecule has 3 rings (SSSR count). The standard InChI is InChI=1S/C21H31N3O2.ClH/c1-3-13-24(14-4-2)20(26)16-5-7-17(8-6-16)23-19(25)18-15-21(18)9-11-22-12-10-21;/h5-8,18,22H,3-4,9-15H2,1-2H3,(H,23,25);1H. The lowest BCUT2D eigenvalue weighted by atomic mass is 9.92. The molecule has 1 aromatic rings.